The van der Waals surface area contributed by atoms with Gasteiger partial charge < -0.3 is 10.1 Å². The maximum atomic E-state index is 5.46. The summed E-state index contributed by atoms with van der Waals surface area (Å²) in [6, 6.07) is 11.3. The number of hydrogen-bond donors (Lipinski definition) is 1. The molecule has 2 rings (SSSR count). The van der Waals surface area contributed by atoms with Crippen LogP contribution in [-0.4, -0.2) is 25.8 Å². The fraction of sp³-hybridized carbons (Fsp3) is 0.571. The molecule has 16 heavy (non-hydrogen) atoms. The van der Waals surface area contributed by atoms with Gasteiger partial charge in [-0.05, 0) is 37.8 Å². The highest BCUT2D eigenvalue weighted by Gasteiger charge is 2.29. The molecule has 1 saturated heterocycles. The Labute approximate surface area is 98.0 Å². The van der Waals surface area contributed by atoms with E-state index in [-0.39, 0.29) is 0 Å². The first-order valence-electron chi connectivity index (χ1n) is 6.25. The molecule has 1 aliphatic rings. The minimum Gasteiger partial charge on any atom is -0.380 e. The zero-order chi connectivity index (χ0) is 11.2. The molecule has 88 valence electrons. The van der Waals surface area contributed by atoms with Crippen molar-refractivity contribution in [3.8, 4) is 0 Å². The highest BCUT2D eigenvalue weighted by atomic mass is 16.5. The molecule has 0 bridgehead atoms. The van der Waals surface area contributed by atoms with E-state index in [1.807, 2.05) is 0 Å². The van der Waals surface area contributed by atoms with Crippen LogP contribution < -0.4 is 5.32 Å². The summed E-state index contributed by atoms with van der Waals surface area (Å²) in [6.07, 6.45) is 2.46. The van der Waals surface area contributed by atoms with Crippen LogP contribution >= 0.6 is 0 Å². The molecule has 1 heterocycles. The molecule has 2 nitrogen and oxygen atoms in total. The quantitative estimate of drug-likeness (QED) is 0.792. The Morgan fingerprint density at radius 1 is 1.31 bits per heavy atom. The lowest BCUT2D eigenvalue weighted by atomic mass is 9.87. The van der Waals surface area contributed by atoms with Crippen molar-refractivity contribution in [1.29, 1.82) is 0 Å². The van der Waals surface area contributed by atoms with E-state index in [0.29, 0.717) is 6.04 Å². The summed E-state index contributed by atoms with van der Waals surface area (Å²) in [5.41, 5.74) is 1.45. The number of nitrogens with one attached hydrogen (secondary N) is 1. The standard InChI is InChI=1S/C14H21NO/c1-2-16-11-14-13(10-15-14)9-8-12-6-4-3-5-7-12/h3-7,13-15H,2,8-11H2,1H3. The number of ether oxygens (including phenoxy) is 1. The minimum atomic E-state index is 0.587. The Morgan fingerprint density at radius 3 is 2.75 bits per heavy atom. The number of aryl methyl sites for hydroxylation is 1. The van der Waals surface area contributed by atoms with Crippen molar-refractivity contribution in [3.05, 3.63) is 35.9 Å². The van der Waals surface area contributed by atoms with Gasteiger partial charge >= 0.3 is 0 Å². The van der Waals surface area contributed by atoms with Gasteiger partial charge in [-0.15, -0.1) is 0 Å². The van der Waals surface area contributed by atoms with Crippen LogP contribution in [0, 0.1) is 5.92 Å². The predicted octanol–water partition coefficient (Wildman–Crippen LogP) is 2.24. The fourth-order valence-corrected chi connectivity index (χ4v) is 2.19. The van der Waals surface area contributed by atoms with Gasteiger partial charge in [-0.3, -0.25) is 0 Å². The molecule has 0 spiro atoms. The number of hydrogen-bond acceptors (Lipinski definition) is 2. The highest BCUT2D eigenvalue weighted by molar-refractivity contribution is 5.15. The van der Waals surface area contributed by atoms with Crippen LogP contribution in [0.1, 0.15) is 18.9 Å². The summed E-state index contributed by atoms with van der Waals surface area (Å²) >= 11 is 0. The van der Waals surface area contributed by atoms with Gasteiger partial charge in [0.25, 0.3) is 0 Å². The molecule has 2 atom stereocenters. The molecule has 0 saturated carbocycles. The SMILES string of the molecule is CCOCC1NCC1CCc1ccccc1. The monoisotopic (exact) mass is 219 g/mol. The molecule has 1 aliphatic heterocycles. The third-order valence-electron chi connectivity index (χ3n) is 3.36. The maximum absolute atomic E-state index is 5.46. The zero-order valence-electron chi connectivity index (χ0n) is 9.99. The van der Waals surface area contributed by atoms with Crippen molar-refractivity contribution in [3.63, 3.8) is 0 Å². The Balaban J connectivity index is 1.70. The van der Waals surface area contributed by atoms with Crippen LogP contribution in [0.2, 0.25) is 0 Å². The van der Waals surface area contributed by atoms with E-state index in [4.69, 9.17) is 4.74 Å². The predicted molar refractivity (Wildman–Crippen MR) is 66.5 cm³/mol. The van der Waals surface area contributed by atoms with Gasteiger partial charge in [0.05, 0.1) is 6.61 Å². The summed E-state index contributed by atoms with van der Waals surface area (Å²) in [5.74, 6) is 0.798. The van der Waals surface area contributed by atoms with E-state index < -0.39 is 0 Å². The van der Waals surface area contributed by atoms with E-state index >= 15 is 0 Å². The van der Waals surface area contributed by atoms with E-state index in [1.165, 1.54) is 18.4 Å². The average Bonchev–Trinajstić information content (AvgIpc) is 2.30. The summed E-state index contributed by atoms with van der Waals surface area (Å²) < 4.78 is 5.46. The van der Waals surface area contributed by atoms with Crippen molar-refractivity contribution >= 4 is 0 Å². The lowest BCUT2D eigenvalue weighted by molar-refractivity contribution is 0.0668. The molecule has 1 aromatic carbocycles. The van der Waals surface area contributed by atoms with Gasteiger partial charge in [-0.25, -0.2) is 0 Å². The molecule has 0 aliphatic carbocycles. The lowest BCUT2D eigenvalue weighted by Gasteiger charge is -2.38. The van der Waals surface area contributed by atoms with E-state index in [9.17, 15) is 0 Å². The first-order valence-corrected chi connectivity index (χ1v) is 6.25. The van der Waals surface area contributed by atoms with Crippen LogP contribution in [-0.2, 0) is 11.2 Å². The Bertz CT molecular complexity index is 299. The molecular formula is C14H21NO. The molecular weight excluding hydrogens is 198 g/mol. The zero-order valence-corrected chi connectivity index (χ0v) is 9.99. The van der Waals surface area contributed by atoms with E-state index in [2.05, 4.69) is 42.6 Å². The Kier molecular flexibility index (Phi) is 4.37. The van der Waals surface area contributed by atoms with Crippen LogP contribution in [0.3, 0.4) is 0 Å². The van der Waals surface area contributed by atoms with Gasteiger partial charge in [0.1, 0.15) is 0 Å². The molecule has 0 radical (unpaired) electrons. The summed E-state index contributed by atoms with van der Waals surface area (Å²) in [6.45, 7) is 4.90. The summed E-state index contributed by atoms with van der Waals surface area (Å²) in [5, 5.41) is 3.44. The largest absolute Gasteiger partial charge is 0.380 e. The van der Waals surface area contributed by atoms with E-state index in [0.717, 1.165) is 25.7 Å². The van der Waals surface area contributed by atoms with E-state index in [1.54, 1.807) is 0 Å². The molecule has 2 unspecified atom stereocenters. The maximum Gasteiger partial charge on any atom is 0.0622 e. The third-order valence-corrected chi connectivity index (χ3v) is 3.36. The van der Waals surface area contributed by atoms with Gasteiger partial charge in [0, 0.05) is 12.6 Å². The van der Waals surface area contributed by atoms with Gasteiger partial charge in [-0.1, -0.05) is 30.3 Å². The van der Waals surface area contributed by atoms with Crippen LogP contribution in [0.25, 0.3) is 0 Å². The second kappa shape index (κ2) is 6.02. The third kappa shape index (κ3) is 3.06. The smallest absolute Gasteiger partial charge is 0.0622 e. The normalized spacial score (nSPS) is 24.1. The Morgan fingerprint density at radius 2 is 2.12 bits per heavy atom. The fourth-order valence-electron chi connectivity index (χ4n) is 2.19. The van der Waals surface area contributed by atoms with Crippen molar-refractivity contribution in [2.24, 2.45) is 5.92 Å². The summed E-state index contributed by atoms with van der Waals surface area (Å²) in [7, 11) is 0. The van der Waals surface area contributed by atoms with Crippen LogP contribution in [0.4, 0.5) is 0 Å². The molecule has 1 aromatic rings. The van der Waals surface area contributed by atoms with Crippen LogP contribution in [0.5, 0.6) is 0 Å². The molecule has 1 fully saturated rings. The first kappa shape index (κ1) is 11.6. The van der Waals surface area contributed by atoms with Gasteiger partial charge in [0.15, 0.2) is 0 Å². The number of rotatable bonds is 6. The topological polar surface area (TPSA) is 21.3 Å². The van der Waals surface area contributed by atoms with Gasteiger partial charge in [0.2, 0.25) is 0 Å². The molecule has 0 amide bonds. The second-order valence-electron chi connectivity index (χ2n) is 4.46. The summed E-state index contributed by atoms with van der Waals surface area (Å²) in [4.78, 5) is 0. The average molecular weight is 219 g/mol. The molecule has 0 aromatic heterocycles. The second-order valence-corrected chi connectivity index (χ2v) is 4.46. The van der Waals surface area contributed by atoms with Crippen molar-refractivity contribution in [2.45, 2.75) is 25.8 Å². The first-order chi connectivity index (χ1) is 7.90. The van der Waals surface area contributed by atoms with Crippen molar-refractivity contribution < 1.29 is 4.74 Å². The Hall–Kier alpha value is -0.860. The molecule has 2 heteroatoms. The minimum absolute atomic E-state index is 0.587. The number of benzene rings is 1. The molecule has 1 N–H and O–H groups in total. The van der Waals surface area contributed by atoms with Gasteiger partial charge in [-0.2, -0.15) is 0 Å². The van der Waals surface area contributed by atoms with Crippen molar-refractivity contribution in [2.75, 3.05) is 19.8 Å². The van der Waals surface area contributed by atoms with Crippen molar-refractivity contribution in [1.82, 2.24) is 5.32 Å². The van der Waals surface area contributed by atoms with Crippen LogP contribution in [0.15, 0.2) is 30.3 Å². The lowest BCUT2D eigenvalue weighted by Crippen LogP contribution is -2.55. The highest BCUT2D eigenvalue weighted by Crippen LogP contribution is 2.20.